The van der Waals surface area contributed by atoms with E-state index < -0.39 is 0 Å². The Morgan fingerprint density at radius 2 is 1.83 bits per heavy atom. The molecule has 18 heavy (non-hydrogen) atoms. The van der Waals surface area contributed by atoms with Gasteiger partial charge in [-0.3, -0.25) is 0 Å². The first-order chi connectivity index (χ1) is 8.57. The van der Waals surface area contributed by atoms with E-state index >= 15 is 0 Å². The van der Waals surface area contributed by atoms with Crippen LogP contribution in [0.4, 0.5) is 0 Å². The van der Waals surface area contributed by atoms with Crippen LogP contribution in [0.1, 0.15) is 57.6 Å². The van der Waals surface area contributed by atoms with Crippen LogP contribution in [-0.4, -0.2) is 0 Å². The summed E-state index contributed by atoms with van der Waals surface area (Å²) in [6.45, 7) is 7.15. The molecule has 0 nitrogen and oxygen atoms in total. The first kappa shape index (κ1) is 12.0. The van der Waals surface area contributed by atoms with Crippen molar-refractivity contribution in [3.63, 3.8) is 0 Å². The van der Waals surface area contributed by atoms with Gasteiger partial charge in [0.05, 0.1) is 0 Å². The molecule has 1 atom stereocenters. The second-order valence-corrected chi connectivity index (χ2v) is 6.75. The molecule has 0 saturated carbocycles. The van der Waals surface area contributed by atoms with E-state index in [4.69, 9.17) is 0 Å². The molecule has 0 fully saturated rings. The Kier molecular flexibility index (Phi) is 2.66. The maximum Gasteiger partial charge on any atom is 0.0162 e. The summed E-state index contributed by atoms with van der Waals surface area (Å²) in [5.41, 5.74) is 5.71. The van der Waals surface area contributed by atoms with Gasteiger partial charge in [0.15, 0.2) is 0 Å². The van der Waals surface area contributed by atoms with Crippen LogP contribution in [0.5, 0.6) is 0 Å². The molecule has 2 aliphatic carbocycles. The molecule has 1 aromatic carbocycles. The first-order valence-corrected chi connectivity index (χ1v) is 7.38. The van der Waals surface area contributed by atoms with Crippen molar-refractivity contribution < 1.29 is 0 Å². The molecular formula is C18H24. The highest BCUT2D eigenvalue weighted by Crippen LogP contribution is 2.52. The smallest absolute Gasteiger partial charge is 0.0162 e. The lowest BCUT2D eigenvalue weighted by Crippen LogP contribution is -2.38. The van der Waals surface area contributed by atoms with Crippen molar-refractivity contribution >= 4 is 0 Å². The van der Waals surface area contributed by atoms with E-state index in [9.17, 15) is 0 Å². The van der Waals surface area contributed by atoms with Gasteiger partial charge >= 0.3 is 0 Å². The average Bonchev–Trinajstić information content (AvgIpc) is 2.37. The van der Waals surface area contributed by atoms with E-state index in [2.05, 4.69) is 51.1 Å². The second kappa shape index (κ2) is 3.98. The van der Waals surface area contributed by atoms with Crippen LogP contribution in [0, 0.1) is 5.41 Å². The Balaban J connectivity index is 2.17. The Morgan fingerprint density at radius 1 is 1.06 bits per heavy atom. The fourth-order valence-electron chi connectivity index (χ4n) is 4.07. The number of hydrogen-bond donors (Lipinski definition) is 0. The quantitative estimate of drug-likeness (QED) is 0.604. The molecule has 0 heterocycles. The predicted octanol–water partition coefficient (Wildman–Crippen LogP) is 5.03. The number of hydrogen-bond acceptors (Lipinski definition) is 0. The van der Waals surface area contributed by atoms with Crippen molar-refractivity contribution in [1.82, 2.24) is 0 Å². The van der Waals surface area contributed by atoms with E-state index in [0.29, 0.717) is 10.8 Å². The third kappa shape index (κ3) is 1.66. The second-order valence-electron chi connectivity index (χ2n) is 6.75. The Labute approximate surface area is 111 Å². The largest absolute Gasteiger partial charge is 0.0787 e. The zero-order valence-electron chi connectivity index (χ0n) is 11.9. The van der Waals surface area contributed by atoms with Crippen molar-refractivity contribution in [2.45, 2.75) is 58.3 Å². The SMILES string of the molecule is CCC12CCC(C)(C)C=C1CCc1ccccc12. The molecule has 0 aromatic heterocycles. The molecule has 1 unspecified atom stereocenters. The van der Waals surface area contributed by atoms with Crippen molar-refractivity contribution in [3.8, 4) is 0 Å². The highest BCUT2D eigenvalue weighted by molar-refractivity contribution is 5.47. The van der Waals surface area contributed by atoms with E-state index in [1.807, 2.05) is 0 Å². The van der Waals surface area contributed by atoms with Gasteiger partial charge in [-0.2, -0.15) is 0 Å². The van der Waals surface area contributed by atoms with Crippen LogP contribution < -0.4 is 0 Å². The Morgan fingerprint density at radius 3 is 2.61 bits per heavy atom. The van der Waals surface area contributed by atoms with Crippen LogP contribution in [0.2, 0.25) is 0 Å². The van der Waals surface area contributed by atoms with Gasteiger partial charge in [0.25, 0.3) is 0 Å². The fourth-order valence-corrected chi connectivity index (χ4v) is 4.07. The molecule has 2 aliphatic rings. The molecule has 1 aromatic rings. The molecule has 0 bridgehead atoms. The van der Waals surface area contributed by atoms with Gasteiger partial charge in [-0.05, 0) is 48.6 Å². The zero-order valence-corrected chi connectivity index (χ0v) is 11.9. The maximum atomic E-state index is 2.59. The lowest BCUT2D eigenvalue weighted by Gasteiger charge is -2.47. The molecule has 96 valence electrons. The monoisotopic (exact) mass is 240 g/mol. The number of rotatable bonds is 1. The summed E-state index contributed by atoms with van der Waals surface area (Å²) in [7, 11) is 0. The predicted molar refractivity (Wildman–Crippen MR) is 77.8 cm³/mol. The van der Waals surface area contributed by atoms with Gasteiger partial charge in [-0.15, -0.1) is 0 Å². The summed E-state index contributed by atoms with van der Waals surface area (Å²) >= 11 is 0. The lowest BCUT2D eigenvalue weighted by atomic mass is 9.57. The Bertz CT molecular complexity index is 493. The average molecular weight is 240 g/mol. The van der Waals surface area contributed by atoms with Crippen LogP contribution in [0.25, 0.3) is 0 Å². The number of aryl methyl sites for hydroxylation is 1. The normalized spacial score (nSPS) is 29.2. The third-order valence-electron chi connectivity index (χ3n) is 5.18. The zero-order chi connectivity index (χ0) is 12.8. The minimum absolute atomic E-state index is 0.365. The van der Waals surface area contributed by atoms with E-state index in [0.717, 1.165) is 0 Å². The van der Waals surface area contributed by atoms with Crippen molar-refractivity contribution in [3.05, 3.63) is 47.0 Å². The van der Waals surface area contributed by atoms with Gasteiger partial charge in [0, 0.05) is 5.41 Å². The van der Waals surface area contributed by atoms with Gasteiger partial charge in [-0.1, -0.05) is 56.7 Å². The van der Waals surface area contributed by atoms with Crippen LogP contribution >= 0.6 is 0 Å². The van der Waals surface area contributed by atoms with Gasteiger partial charge in [0.1, 0.15) is 0 Å². The van der Waals surface area contributed by atoms with Crippen LogP contribution in [-0.2, 0) is 11.8 Å². The molecule has 0 spiro atoms. The number of benzene rings is 1. The number of allylic oxidation sites excluding steroid dienone is 2. The number of fused-ring (bicyclic) bond motifs is 3. The maximum absolute atomic E-state index is 2.59. The fraction of sp³-hybridized carbons (Fsp3) is 0.556. The minimum Gasteiger partial charge on any atom is -0.0787 e. The summed E-state index contributed by atoms with van der Waals surface area (Å²) in [6.07, 6.45) is 9.01. The lowest BCUT2D eigenvalue weighted by molar-refractivity contribution is 0.290. The van der Waals surface area contributed by atoms with Gasteiger partial charge in [0.2, 0.25) is 0 Å². The molecule has 3 rings (SSSR count). The van der Waals surface area contributed by atoms with E-state index in [1.165, 1.54) is 32.1 Å². The topological polar surface area (TPSA) is 0 Å². The summed E-state index contributed by atoms with van der Waals surface area (Å²) < 4.78 is 0. The molecule has 0 amide bonds. The van der Waals surface area contributed by atoms with Crippen molar-refractivity contribution in [2.24, 2.45) is 5.41 Å². The van der Waals surface area contributed by atoms with Crippen molar-refractivity contribution in [1.29, 1.82) is 0 Å². The highest BCUT2D eigenvalue weighted by Gasteiger charge is 2.42. The van der Waals surface area contributed by atoms with Crippen molar-refractivity contribution in [2.75, 3.05) is 0 Å². The first-order valence-electron chi connectivity index (χ1n) is 7.38. The van der Waals surface area contributed by atoms with E-state index in [1.54, 1.807) is 16.7 Å². The molecule has 0 radical (unpaired) electrons. The summed E-state index contributed by atoms with van der Waals surface area (Å²) in [4.78, 5) is 0. The minimum atomic E-state index is 0.365. The van der Waals surface area contributed by atoms with Gasteiger partial charge in [-0.25, -0.2) is 0 Å². The summed E-state index contributed by atoms with van der Waals surface area (Å²) in [5, 5.41) is 0. The van der Waals surface area contributed by atoms with Gasteiger partial charge < -0.3 is 0 Å². The Hall–Kier alpha value is -1.04. The summed E-state index contributed by atoms with van der Waals surface area (Å²) in [5.74, 6) is 0. The standard InChI is InChI=1S/C18H24/c1-4-18-12-11-17(2,3)13-15(18)10-9-14-7-5-6-8-16(14)18/h5-8,13H,4,9-12H2,1-3H3. The molecule has 0 saturated heterocycles. The van der Waals surface area contributed by atoms with Crippen LogP contribution in [0.3, 0.4) is 0 Å². The third-order valence-corrected chi connectivity index (χ3v) is 5.18. The highest BCUT2D eigenvalue weighted by atomic mass is 14.5. The molecule has 0 N–H and O–H groups in total. The van der Waals surface area contributed by atoms with E-state index in [-0.39, 0.29) is 0 Å². The summed E-state index contributed by atoms with van der Waals surface area (Å²) in [6, 6.07) is 9.13. The molecular weight excluding hydrogens is 216 g/mol. The molecule has 0 heteroatoms. The van der Waals surface area contributed by atoms with Crippen LogP contribution in [0.15, 0.2) is 35.9 Å². The molecule has 0 aliphatic heterocycles.